The molecule has 1 aliphatic carbocycles. The summed E-state index contributed by atoms with van der Waals surface area (Å²) in [5.41, 5.74) is 0.350. The molecule has 0 saturated heterocycles. The van der Waals surface area contributed by atoms with E-state index in [1.165, 1.54) is 10.9 Å². The monoisotopic (exact) mass is 453 g/mol. The standard InChI is InChI=1S/C20H26F3N7O2/c1-10-15-17(29(3)16(11(2)32-4)18(31)26-15)27-19(24-10)25-13-7-12(8-13)9-30-6-5-14(28-30)20(21,22)23/h5-6,11-13,16H,7-9H2,1-4H3,(H,26,31)(H,24,25,27)/t11?,12?,13?,16-/m0/s1. The Labute approximate surface area is 183 Å². The van der Waals surface area contributed by atoms with Gasteiger partial charge in [-0.05, 0) is 38.7 Å². The lowest BCUT2D eigenvalue weighted by molar-refractivity contribution is -0.141. The minimum Gasteiger partial charge on any atom is -0.379 e. The quantitative estimate of drug-likeness (QED) is 0.694. The first kappa shape index (κ1) is 22.3. The zero-order valence-corrected chi connectivity index (χ0v) is 18.3. The van der Waals surface area contributed by atoms with Gasteiger partial charge in [0.1, 0.15) is 11.7 Å². The van der Waals surface area contributed by atoms with E-state index in [1.54, 1.807) is 26.0 Å². The predicted molar refractivity (Wildman–Crippen MR) is 111 cm³/mol. The third-order valence-electron chi connectivity index (χ3n) is 6.10. The third-order valence-corrected chi connectivity index (χ3v) is 6.10. The van der Waals surface area contributed by atoms with Crippen LogP contribution in [-0.2, 0) is 22.3 Å². The highest BCUT2D eigenvalue weighted by Gasteiger charge is 2.38. The van der Waals surface area contributed by atoms with Crippen LogP contribution >= 0.6 is 0 Å². The van der Waals surface area contributed by atoms with Gasteiger partial charge in [-0.1, -0.05) is 0 Å². The van der Waals surface area contributed by atoms with Crippen LogP contribution in [0.5, 0.6) is 0 Å². The van der Waals surface area contributed by atoms with Crippen LogP contribution in [0.1, 0.15) is 31.2 Å². The van der Waals surface area contributed by atoms with Gasteiger partial charge in [-0.15, -0.1) is 0 Å². The van der Waals surface area contributed by atoms with Crippen molar-refractivity contribution in [2.75, 3.05) is 29.7 Å². The molecule has 12 heteroatoms. The Morgan fingerprint density at radius 2 is 2.06 bits per heavy atom. The van der Waals surface area contributed by atoms with Crippen molar-refractivity contribution in [1.29, 1.82) is 0 Å². The van der Waals surface area contributed by atoms with E-state index >= 15 is 0 Å². The van der Waals surface area contributed by atoms with Crippen molar-refractivity contribution in [3.8, 4) is 0 Å². The van der Waals surface area contributed by atoms with Crippen molar-refractivity contribution in [3.05, 3.63) is 23.7 Å². The smallest absolute Gasteiger partial charge is 0.379 e. The molecule has 9 nitrogen and oxygen atoms in total. The van der Waals surface area contributed by atoms with Crippen LogP contribution in [0, 0.1) is 12.8 Å². The Morgan fingerprint density at radius 3 is 2.69 bits per heavy atom. The zero-order valence-electron chi connectivity index (χ0n) is 18.3. The summed E-state index contributed by atoms with van der Waals surface area (Å²) in [4.78, 5) is 23.4. The largest absolute Gasteiger partial charge is 0.435 e. The molecule has 32 heavy (non-hydrogen) atoms. The topological polar surface area (TPSA) is 97.2 Å². The van der Waals surface area contributed by atoms with E-state index < -0.39 is 17.9 Å². The molecule has 1 aliphatic heterocycles. The molecule has 0 spiro atoms. The van der Waals surface area contributed by atoms with E-state index in [1.807, 2.05) is 6.92 Å². The first-order valence-electron chi connectivity index (χ1n) is 10.4. The predicted octanol–water partition coefficient (Wildman–Crippen LogP) is 2.68. The number of hydrogen-bond donors (Lipinski definition) is 2. The highest BCUT2D eigenvalue weighted by Crippen LogP contribution is 2.36. The van der Waals surface area contributed by atoms with Gasteiger partial charge in [0.25, 0.3) is 0 Å². The number of likely N-dealkylation sites (N-methyl/N-ethyl adjacent to an activating group) is 1. The number of alkyl halides is 3. The molecule has 0 aromatic carbocycles. The van der Waals surface area contributed by atoms with Gasteiger partial charge < -0.3 is 20.3 Å². The molecule has 1 amide bonds. The van der Waals surface area contributed by atoms with Gasteiger partial charge in [-0.25, -0.2) is 4.98 Å². The first-order chi connectivity index (χ1) is 15.1. The average molecular weight is 453 g/mol. The second-order valence-electron chi connectivity index (χ2n) is 8.42. The fourth-order valence-electron chi connectivity index (χ4n) is 4.25. The second kappa shape index (κ2) is 8.23. The number of ether oxygens (including phenoxy) is 1. The van der Waals surface area contributed by atoms with Crippen LogP contribution in [0.4, 0.5) is 30.6 Å². The van der Waals surface area contributed by atoms with Crippen LogP contribution in [0.25, 0.3) is 0 Å². The summed E-state index contributed by atoms with van der Waals surface area (Å²) in [6.07, 6.45) is -1.84. The molecule has 0 bridgehead atoms. The maximum absolute atomic E-state index is 12.7. The molecule has 2 atom stereocenters. The number of nitrogens with one attached hydrogen (secondary N) is 2. The van der Waals surface area contributed by atoms with Gasteiger partial charge in [0, 0.05) is 32.9 Å². The third kappa shape index (κ3) is 4.23. The van der Waals surface area contributed by atoms with Crippen molar-refractivity contribution in [2.45, 2.75) is 57.6 Å². The Balaban J connectivity index is 1.39. The molecule has 4 rings (SSSR count). The Kier molecular flexibility index (Phi) is 5.74. The summed E-state index contributed by atoms with van der Waals surface area (Å²) in [5.74, 6) is 1.12. The first-order valence-corrected chi connectivity index (χ1v) is 10.4. The fourth-order valence-corrected chi connectivity index (χ4v) is 4.25. The van der Waals surface area contributed by atoms with Gasteiger partial charge >= 0.3 is 6.18 Å². The Hall–Kier alpha value is -2.89. The van der Waals surface area contributed by atoms with Gasteiger partial charge in [0.15, 0.2) is 11.5 Å². The zero-order chi connectivity index (χ0) is 23.2. The Morgan fingerprint density at radius 1 is 1.34 bits per heavy atom. The van der Waals surface area contributed by atoms with Crippen LogP contribution < -0.4 is 15.5 Å². The molecule has 3 heterocycles. The fraction of sp³-hybridized carbons (Fsp3) is 0.600. The molecule has 2 aromatic rings. The molecular formula is C20H26F3N7O2. The van der Waals surface area contributed by atoms with Crippen LogP contribution in [-0.4, -0.2) is 58.0 Å². The summed E-state index contributed by atoms with van der Waals surface area (Å²) >= 11 is 0. The molecular weight excluding hydrogens is 427 g/mol. The number of aromatic nitrogens is 4. The molecule has 0 radical (unpaired) electrons. The summed E-state index contributed by atoms with van der Waals surface area (Å²) in [6.45, 7) is 4.06. The molecule has 174 valence electrons. The van der Waals surface area contributed by atoms with E-state index in [9.17, 15) is 18.0 Å². The molecule has 2 N–H and O–H groups in total. The SMILES string of the molecule is COC(C)[C@H]1C(=O)Nc2c(C)nc(NC3CC(Cn4ccc(C(F)(F)F)n4)C3)nc2N1C. The van der Waals surface area contributed by atoms with Crippen molar-refractivity contribution >= 4 is 23.4 Å². The van der Waals surface area contributed by atoms with Crippen molar-refractivity contribution in [3.63, 3.8) is 0 Å². The lowest BCUT2D eigenvalue weighted by Gasteiger charge is -2.38. The molecule has 2 aromatic heterocycles. The summed E-state index contributed by atoms with van der Waals surface area (Å²) in [6, 6.07) is 0.594. The number of methoxy groups -OCH3 is 1. The summed E-state index contributed by atoms with van der Waals surface area (Å²) in [5, 5.41) is 9.79. The maximum Gasteiger partial charge on any atom is 0.435 e. The van der Waals surface area contributed by atoms with E-state index in [2.05, 4.69) is 25.7 Å². The van der Waals surface area contributed by atoms with Crippen LogP contribution in [0.3, 0.4) is 0 Å². The number of hydrogen-bond acceptors (Lipinski definition) is 7. The number of nitrogens with zero attached hydrogens (tertiary/aromatic N) is 5. The number of halogens is 3. The number of fused-ring (bicyclic) bond motifs is 1. The van der Waals surface area contributed by atoms with Crippen LogP contribution in [0.2, 0.25) is 0 Å². The van der Waals surface area contributed by atoms with E-state index in [0.717, 1.165) is 18.9 Å². The molecule has 1 fully saturated rings. The summed E-state index contributed by atoms with van der Waals surface area (Å²) in [7, 11) is 3.35. The number of amides is 1. The molecule has 1 unspecified atom stereocenters. The van der Waals surface area contributed by atoms with Gasteiger partial charge in [-0.2, -0.15) is 23.3 Å². The number of carbonyl (C=O) groups excluding carboxylic acids is 1. The van der Waals surface area contributed by atoms with E-state index in [4.69, 9.17) is 4.74 Å². The normalized spacial score (nSPS) is 23.9. The number of anilines is 3. The van der Waals surface area contributed by atoms with Gasteiger partial charge in [0.2, 0.25) is 11.9 Å². The van der Waals surface area contributed by atoms with Crippen molar-refractivity contribution in [2.24, 2.45) is 5.92 Å². The lowest BCUT2D eigenvalue weighted by Crippen LogP contribution is -2.53. The summed E-state index contributed by atoms with van der Waals surface area (Å²) < 4.78 is 44.8. The minimum absolute atomic E-state index is 0.118. The van der Waals surface area contributed by atoms with E-state index in [-0.39, 0.29) is 24.0 Å². The average Bonchev–Trinajstić information content (AvgIpc) is 3.16. The van der Waals surface area contributed by atoms with Gasteiger partial charge in [0.05, 0.1) is 11.8 Å². The van der Waals surface area contributed by atoms with Crippen molar-refractivity contribution in [1.82, 2.24) is 19.7 Å². The van der Waals surface area contributed by atoms with Crippen molar-refractivity contribution < 1.29 is 22.7 Å². The highest BCUT2D eigenvalue weighted by atomic mass is 19.4. The second-order valence-corrected chi connectivity index (χ2v) is 8.42. The lowest BCUT2D eigenvalue weighted by atomic mass is 9.80. The van der Waals surface area contributed by atoms with Crippen LogP contribution in [0.15, 0.2) is 12.3 Å². The highest BCUT2D eigenvalue weighted by molar-refractivity contribution is 6.03. The number of aryl methyl sites for hydroxylation is 1. The molecule has 1 saturated carbocycles. The number of carbonyl (C=O) groups is 1. The molecule has 2 aliphatic rings. The maximum atomic E-state index is 12.7. The minimum atomic E-state index is -4.43. The van der Waals surface area contributed by atoms with Gasteiger partial charge in [-0.3, -0.25) is 9.48 Å². The van der Waals surface area contributed by atoms with E-state index in [0.29, 0.717) is 29.7 Å². The Bertz CT molecular complexity index is 1000. The number of rotatable bonds is 6.